The SMILES string of the molecule is Cn1nc(COC2CC2)cc1C(=O)O. The number of carbonyl (C=O) groups is 1. The molecular formula is C9H12N2O3. The second kappa shape index (κ2) is 3.42. The minimum absolute atomic E-state index is 0.194. The maximum atomic E-state index is 10.7. The van der Waals surface area contributed by atoms with Crippen LogP contribution in [0.5, 0.6) is 0 Å². The van der Waals surface area contributed by atoms with Crippen molar-refractivity contribution in [3.63, 3.8) is 0 Å². The van der Waals surface area contributed by atoms with Crippen molar-refractivity contribution in [2.45, 2.75) is 25.6 Å². The molecule has 0 amide bonds. The van der Waals surface area contributed by atoms with E-state index in [2.05, 4.69) is 5.10 Å². The zero-order valence-electron chi connectivity index (χ0n) is 7.93. The Kier molecular flexibility index (Phi) is 2.25. The Morgan fingerprint density at radius 1 is 1.79 bits per heavy atom. The van der Waals surface area contributed by atoms with Crippen molar-refractivity contribution in [1.82, 2.24) is 9.78 Å². The zero-order valence-corrected chi connectivity index (χ0v) is 7.93. The fourth-order valence-electron chi connectivity index (χ4n) is 1.24. The number of aromatic nitrogens is 2. The van der Waals surface area contributed by atoms with Gasteiger partial charge in [0, 0.05) is 7.05 Å². The number of ether oxygens (including phenoxy) is 1. The van der Waals surface area contributed by atoms with Crippen LogP contribution >= 0.6 is 0 Å². The van der Waals surface area contributed by atoms with Gasteiger partial charge in [-0.2, -0.15) is 5.10 Å². The van der Waals surface area contributed by atoms with E-state index in [1.54, 1.807) is 13.1 Å². The predicted octanol–water partition coefficient (Wildman–Crippen LogP) is 0.797. The molecule has 1 aromatic rings. The van der Waals surface area contributed by atoms with Crippen LogP contribution in [0.15, 0.2) is 6.07 Å². The molecule has 0 aliphatic heterocycles. The van der Waals surface area contributed by atoms with Crippen LogP contribution in [0.25, 0.3) is 0 Å². The van der Waals surface area contributed by atoms with Gasteiger partial charge in [-0.15, -0.1) is 0 Å². The molecule has 0 spiro atoms. The first-order valence-corrected chi connectivity index (χ1v) is 4.54. The zero-order chi connectivity index (χ0) is 10.1. The standard InChI is InChI=1S/C9H12N2O3/c1-11-8(9(12)13)4-6(10-11)5-14-7-2-3-7/h4,7H,2-3,5H2,1H3,(H,12,13). The Balaban J connectivity index is 2.02. The van der Waals surface area contributed by atoms with Crippen LogP contribution in [0.1, 0.15) is 29.0 Å². The highest BCUT2D eigenvalue weighted by molar-refractivity contribution is 5.85. The minimum atomic E-state index is -0.960. The van der Waals surface area contributed by atoms with Gasteiger partial charge < -0.3 is 9.84 Å². The molecule has 0 saturated heterocycles. The summed E-state index contributed by atoms with van der Waals surface area (Å²) in [5, 5.41) is 12.8. The van der Waals surface area contributed by atoms with Gasteiger partial charge in [0.05, 0.1) is 18.4 Å². The Morgan fingerprint density at radius 3 is 3.00 bits per heavy atom. The molecule has 1 aromatic heterocycles. The highest BCUT2D eigenvalue weighted by Gasteiger charge is 2.22. The van der Waals surface area contributed by atoms with Gasteiger partial charge in [-0.05, 0) is 18.9 Å². The maximum Gasteiger partial charge on any atom is 0.354 e. The smallest absolute Gasteiger partial charge is 0.354 e. The molecular weight excluding hydrogens is 184 g/mol. The van der Waals surface area contributed by atoms with Gasteiger partial charge in [0.1, 0.15) is 5.69 Å². The molecule has 0 atom stereocenters. The lowest BCUT2D eigenvalue weighted by atomic mass is 10.3. The minimum Gasteiger partial charge on any atom is -0.477 e. The van der Waals surface area contributed by atoms with Gasteiger partial charge >= 0.3 is 5.97 Å². The van der Waals surface area contributed by atoms with Gasteiger partial charge in [-0.25, -0.2) is 4.79 Å². The Bertz CT molecular complexity index is 355. The van der Waals surface area contributed by atoms with E-state index < -0.39 is 5.97 Å². The lowest BCUT2D eigenvalue weighted by Crippen LogP contribution is -2.04. The molecule has 5 nitrogen and oxygen atoms in total. The van der Waals surface area contributed by atoms with E-state index in [1.807, 2.05) is 0 Å². The molecule has 1 saturated carbocycles. The third-order valence-electron chi connectivity index (χ3n) is 2.14. The number of aromatic carboxylic acids is 1. The fraction of sp³-hybridized carbons (Fsp3) is 0.556. The van der Waals surface area contributed by atoms with Crippen molar-refractivity contribution in [3.8, 4) is 0 Å². The van der Waals surface area contributed by atoms with Gasteiger partial charge in [0.15, 0.2) is 0 Å². The van der Waals surface area contributed by atoms with Crippen molar-refractivity contribution in [1.29, 1.82) is 0 Å². The number of rotatable bonds is 4. The van der Waals surface area contributed by atoms with Crippen molar-refractivity contribution in [2.75, 3.05) is 0 Å². The first kappa shape index (κ1) is 9.21. The van der Waals surface area contributed by atoms with Crippen molar-refractivity contribution in [3.05, 3.63) is 17.5 Å². The third kappa shape index (κ3) is 1.93. The lowest BCUT2D eigenvalue weighted by molar-refractivity contribution is 0.0685. The second-order valence-electron chi connectivity index (χ2n) is 3.46. The first-order chi connectivity index (χ1) is 6.66. The van der Waals surface area contributed by atoms with Crippen molar-refractivity contribution in [2.24, 2.45) is 7.05 Å². The molecule has 0 bridgehead atoms. The fourth-order valence-corrected chi connectivity index (χ4v) is 1.24. The molecule has 14 heavy (non-hydrogen) atoms. The Hall–Kier alpha value is -1.36. The summed E-state index contributed by atoms with van der Waals surface area (Å²) in [4.78, 5) is 10.7. The number of nitrogens with zero attached hydrogens (tertiary/aromatic N) is 2. The third-order valence-corrected chi connectivity index (χ3v) is 2.14. The molecule has 1 aliphatic rings. The van der Waals surface area contributed by atoms with E-state index in [0.717, 1.165) is 12.8 Å². The van der Waals surface area contributed by atoms with Gasteiger partial charge in [-0.1, -0.05) is 0 Å². The quantitative estimate of drug-likeness (QED) is 0.773. The van der Waals surface area contributed by atoms with Crippen molar-refractivity contribution >= 4 is 5.97 Å². The summed E-state index contributed by atoms with van der Waals surface area (Å²) in [7, 11) is 1.62. The number of carboxylic acid groups (broad SMARTS) is 1. The van der Waals surface area contributed by atoms with Crippen LogP contribution in [0.3, 0.4) is 0 Å². The molecule has 1 fully saturated rings. The summed E-state index contributed by atoms with van der Waals surface area (Å²) in [6, 6.07) is 1.55. The highest BCUT2D eigenvalue weighted by atomic mass is 16.5. The largest absolute Gasteiger partial charge is 0.477 e. The second-order valence-corrected chi connectivity index (χ2v) is 3.46. The predicted molar refractivity (Wildman–Crippen MR) is 48.0 cm³/mol. The molecule has 1 aliphatic carbocycles. The number of carboxylic acids is 1. The molecule has 0 radical (unpaired) electrons. The Labute approximate surface area is 81.3 Å². The van der Waals surface area contributed by atoms with Crippen LogP contribution < -0.4 is 0 Å². The van der Waals surface area contributed by atoms with E-state index in [4.69, 9.17) is 9.84 Å². The summed E-state index contributed by atoms with van der Waals surface area (Å²) in [6.07, 6.45) is 2.59. The van der Waals surface area contributed by atoms with E-state index in [1.165, 1.54) is 4.68 Å². The van der Waals surface area contributed by atoms with Crippen molar-refractivity contribution < 1.29 is 14.6 Å². The summed E-state index contributed by atoms with van der Waals surface area (Å²) < 4.78 is 6.77. The topological polar surface area (TPSA) is 64.4 Å². The average Bonchev–Trinajstić information content (AvgIpc) is 2.86. The van der Waals surface area contributed by atoms with E-state index in [0.29, 0.717) is 18.4 Å². The summed E-state index contributed by atoms with van der Waals surface area (Å²) in [6.45, 7) is 0.409. The summed E-state index contributed by atoms with van der Waals surface area (Å²) in [5.41, 5.74) is 0.871. The molecule has 1 N–H and O–H groups in total. The molecule has 0 unspecified atom stereocenters. The van der Waals surface area contributed by atoms with Gasteiger partial charge in [0.25, 0.3) is 0 Å². The first-order valence-electron chi connectivity index (χ1n) is 4.54. The highest BCUT2D eigenvalue weighted by Crippen LogP contribution is 2.24. The van der Waals surface area contributed by atoms with Gasteiger partial charge in [-0.3, -0.25) is 4.68 Å². The van der Waals surface area contributed by atoms with Gasteiger partial charge in [0.2, 0.25) is 0 Å². The monoisotopic (exact) mass is 196 g/mol. The maximum absolute atomic E-state index is 10.7. The summed E-state index contributed by atoms with van der Waals surface area (Å²) in [5.74, 6) is -0.960. The lowest BCUT2D eigenvalue weighted by Gasteiger charge is -1.96. The number of hydrogen-bond donors (Lipinski definition) is 1. The number of hydrogen-bond acceptors (Lipinski definition) is 3. The normalized spacial score (nSPS) is 15.8. The number of aryl methyl sites for hydroxylation is 1. The van der Waals surface area contributed by atoms with Crippen LogP contribution in [-0.4, -0.2) is 27.0 Å². The van der Waals surface area contributed by atoms with Crippen LogP contribution in [0.4, 0.5) is 0 Å². The Morgan fingerprint density at radius 2 is 2.50 bits per heavy atom. The van der Waals surface area contributed by atoms with E-state index >= 15 is 0 Å². The van der Waals surface area contributed by atoms with Crippen LogP contribution in [0, 0.1) is 0 Å². The van der Waals surface area contributed by atoms with E-state index in [-0.39, 0.29) is 5.69 Å². The summed E-state index contributed by atoms with van der Waals surface area (Å²) >= 11 is 0. The van der Waals surface area contributed by atoms with Crippen LogP contribution in [0.2, 0.25) is 0 Å². The van der Waals surface area contributed by atoms with Crippen LogP contribution in [-0.2, 0) is 18.4 Å². The molecule has 2 rings (SSSR count). The molecule has 76 valence electrons. The molecule has 0 aromatic carbocycles. The molecule has 1 heterocycles. The van der Waals surface area contributed by atoms with E-state index in [9.17, 15) is 4.79 Å². The molecule has 5 heteroatoms. The average molecular weight is 196 g/mol.